The molecule has 1 atom stereocenters. The lowest BCUT2D eigenvalue weighted by Gasteiger charge is -1.95. The molecule has 0 N–H and O–H groups in total. The Hall–Kier alpha value is 0.690. The van der Waals surface area contributed by atoms with Crippen molar-refractivity contribution < 1.29 is 4.74 Å². The van der Waals surface area contributed by atoms with Gasteiger partial charge >= 0.3 is 0 Å². The highest BCUT2D eigenvalue weighted by molar-refractivity contribution is 14.1. The van der Waals surface area contributed by atoms with Gasteiger partial charge in [0.2, 0.25) is 0 Å². The maximum Gasteiger partial charge on any atom is 0.0700 e. The zero-order chi connectivity index (χ0) is 4.99. The van der Waals surface area contributed by atoms with E-state index in [0.717, 1.165) is 6.61 Å². The topological polar surface area (TPSA) is 9.23 Å². The Bertz CT molecular complexity index is 28.7. The molecular weight excluding hydrogens is 191 g/mol. The monoisotopic (exact) mass is 199 g/mol. The lowest BCUT2D eigenvalue weighted by molar-refractivity contribution is 0.250. The number of hydrogen-bond acceptors (Lipinski definition) is 1. The normalized spacial score (nSPS) is 14.5. The van der Waals surface area contributed by atoms with Crippen LogP contribution in [0.5, 0.6) is 0 Å². The van der Waals surface area contributed by atoms with Gasteiger partial charge < -0.3 is 4.74 Å². The van der Waals surface area contributed by atoms with Crippen molar-refractivity contribution in [3.8, 4) is 0 Å². The molecule has 0 amide bonds. The number of halogens is 1. The Labute approximate surface area is 52.2 Å². The number of hydrogen-bond donors (Lipinski definition) is 0. The summed E-state index contributed by atoms with van der Waals surface area (Å²) in [6.07, 6.45) is 0. The molecule has 1 radical (unpaired) electrons. The molecule has 0 rings (SSSR count). The quantitative estimate of drug-likeness (QED) is 0.485. The molecule has 0 bridgehead atoms. The third-order valence-electron chi connectivity index (χ3n) is 0.348. The molecule has 0 spiro atoms. The first kappa shape index (κ1) is 6.69. The second-order valence-corrected chi connectivity index (χ2v) is 3.28. The highest BCUT2D eigenvalue weighted by Crippen LogP contribution is 1.96. The van der Waals surface area contributed by atoms with Gasteiger partial charge in [-0.05, 0) is 0 Å². The van der Waals surface area contributed by atoms with Crippen LogP contribution in [0.4, 0.5) is 0 Å². The van der Waals surface area contributed by atoms with Crippen LogP contribution in [0, 0.1) is 7.11 Å². The van der Waals surface area contributed by atoms with E-state index in [-0.39, 0.29) is 0 Å². The molecule has 6 heavy (non-hydrogen) atoms. The number of rotatable bonds is 2. The van der Waals surface area contributed by atoms with E-state index in [9.17, 15) is 0 Å². The lowest BCUT2D eigenvalue weighted by Crippen LogP contribution is -1.97. The van der Waals surface area contributed by atoms with Crippen molar-refractivity contribution in [2.24, 2.45) is 0 Å². The summed E-state index contributed by atoms with van der Waals surface area (Å²) in [6.45, 7) is 2.83. The lowest BCUT2D eigenvalue weighted by atomic mass is 10.5. The van der Waals surface area contributed by atoms with E-state index in [2.05, 4.69) is 41.4 Å². The predicted octanol–water partition coefficient (Wildman–Crippen LogP) is 1.62. The Morgan fingerprint density at radius 1 is 2.00 bits per heavy atom. The fraction of sp³-hybridized carbons (Fsp3) is 0.750. The highest BCUT2D eigenvalue weighted by Gasteiger charge is 1.88. The molecule has 0 aromatic carbocycles. The van der Waals surface area contributed by atoms with E-state index in [1.54, 1.807) is 0 Å². The van der Waals surface area contributed by atoms with E-state index in [1.807, 2.05) is 0 Å². The summed E-state index contributed by atoms with van der Waals surface area (Å²) in [6, 6.07) is 0. The minimum atomic E-state index is 0.583. The molecule has 1 unspecified atom stereocenters. The van der Waals surface area contributed by atoms with Crippen LogP contribution in [0.2, 0.25) is 0 Å². The number of alkyl halides is 1. The second-order valence-electron chi connectivity index (χ2n) is 1.15. The summed E-state index contributed by atoms with van der Waals surface area (Å²) in [5.41, 5.74) is 0. The fourth-order valence-electron chi connectivity index (χ4n) is 0.162. The maximum atomic E-state index is 4.55. The van der Waals surface area contributed by atoms with Gasteiger partial charge in [-0.3, -0.25) is 0 Å². The smallest absolute Gasteiger partial charge is 0.0700 e. The van der Waals surface area contributed by atoms with Gasteiger partial charge in [0.15, 0.2) is 0 Å². The minimum absolute atomic E-state index is 0.583. The van der Waals surface area contributed by atoms with E-state index in [0.29, 0.717) is 3.92 Å². The molecule has 0 fully saturated rings. The Kier molecular flexibility index (Phi) is 4.31. The van der Waals surface area contributed by atoms with Crippen molar-refractivity contribution in [1.29, 1.82) is 0 Å². The van der Waals surface area contributed by atoms with Crippen LogP contribution < -0.4 is 0 Å². The van der Waals surface area contributed by atoms with Crippen molar-refractivity contribution in [2.45, 2.75) is 10.8 Å². The summed E-state index contributed by atoms with van der Waals surface area (Å²) < 4.78 is 5.13. The van der Waals surface area contributed by atoms with Crippen LogP contribution in [0.15, 0.2) is 0 Å². The standard InChI is InChI=1S/C4H8IO/c1-4(5)3-6-2/h4H,2-3H2,1H3. The first-order valence-electron chi connectivity index (χ1n) is 1.78. The van der Waals surface area contributed by atoms with Crippen LogP contribution in [-0.4, -0.2) is 10.5 Å². The van der Waals surface area contributed by atoms with Gasteiger partial charge in [-0.2, -0.15) is 0 Å². The largest absolute Gasteiger partial charge is 0.378 e. The molecule has 0 aromatic rings. The Balaban J connectivity index is 2.63. The highest BCUT2D eigenvalue weighted by atomic mass is 127. The van der Waals surface area contributed by atoms with E-state index < -0.39 is 0 Å². The third kappa shape index (κ3) is 4.69. The third-order valence-corrected chi connectivity index (χ3v) is 0.707. The summed E-state index contributed by atoms with van der Waals surface area (Å²) in [5.74, 6) is 0. The van der Waals surface area contributed by atoms with Crippen molar-refractivity contribution >= 4 is 22.6 Å². The summed E-state index contributed by atoms with van der Waals surface area (Å²) in [5, 5.41) is 0. The predicted molar refractivity (Wildman–Crippen MR) is 34.8 cm³/mol. The molecular formula is C4H8IO. The summed E-state index contributed by atoms with van der Waals surface area (Å²) in [4.78, 5) is 0. The first-order chi connectivity index (χ1) is 2.77. The van der Waals surface area contributed by atoms with Crippen LogP contribution in [0.25, 0.3) is 0 Å². The SMILES string of the molecule is [CH2]OCC(C)I. The Morgan fingerprint density at radius 3 is 2.50 bits per heavy atom. The molecule has 0 heterocycles. The fourth-order valence-corrected chi connectivity index (χ4v) is 0.417. The van der Waals surface area contributed by atoms with Gasteiger partial charge in [0, 0.05) is 3.92 Å². The van der Waals surface area contributed by atoms with Gasteiger partial charge in [0.25, 0.3) is 0 Å². The van der Waals surface area contributed by atoms with Crippen molar-refractivity contribution in [3.05, 3.63) is 7.11 Å². The van der Waals surface area contributed by atoms with Gasteiger partial charge in [0.05, 0.1) is 13.7 Å². The van der Waals surface area contributed by atoms with Crippen LogP contribution in [-0.2, 0) is 4.74 Å². The maximum absolute atomic E-state index is 4.55. The van der Waals surface area contributed by atoms with Gasteiger partial charge in [0.1, 0.15) is 0 Å². The van der Waals surface area contributed by atoms with E-state index in [4.69, 9.17) is 0 Å². The van der Waals surface area contributed by atoms with Gasteiger partial charge in [-0.25, -0.2) is 0 Å². The van der Waals surface area contributed by atoms with Gasteiger partial charge in [-0.1, -0.05) is 29.5 Å². The molecule has 1 nitrogen and oxygen atoms in total. The molecule has 0 aliphatic heterocycles. The van der Waals surface area contributed by atoms with Crippen LogP contribution >= 0.6 is 22.6 Å². The molecule has 0 aliphatic carbocycles. The Morgan fingerprint density at radius 2 is 2.50 bits per heavy atom. The second kappa shape index (κ2) is 3.87. The van der Waals surface area contributed by atoms with Crippen molar-refractivity contribution in [3.63, 3.8) is 0 Å². The van der Waals surface area contributed by atoms with Crippen molar-refractivity contribution in [2.75, 3.05) is 6.61 Å². The minimum Gasteiger partial charge on any atom is -0.378 e. The van der Waals surface area contributed by atoms with Crippen LogP contribution in [0.1, 0.15) is 6.92 Å². The average molecular weight is 199 g/mol. The molecule has 0 saturated carbocycles. The van der Waals surface area contributed by atoms with E-state index >= 15 is 0 Å². The summed E-state index contributed by atoms with van der Waals surface area (Å²) >= 11 is 2.28. The first-order valence-corrected chi connectivity index (χ1v) is 3.03. The van der Waals surface area contributed by atoms with E-state index in [1.165, 1.54) is 0 Å². The molecule has 0 aliphatic rings. The van der Waals surface area contributed by atoms with Gasteiger partial charge in [-0.15, -0.1) is 0 Å². The molecule has 2 heteroatoms. The number of ether oxygens (including phenoxy) is 1. The van der Waals surface area contributed by atoms with Crippen LogP contribution in [0.3, 0.4) is 0 Å². The zero-order valence-electron chi connectivity index (χ0n) is 3.78. The zero-order valence-corrected chi connectivity index (χ0v) is 5.94. The van der Waals surface area contributed by atoms with Crippen molar-refractivity contribution in [1.82, 2.24) is 0 Å². The molecule has 0 saturated heterocycles. The average Bonchev–Trinajstić information content (AvgIpc) is 1.35. The molecule has 37 valence electrons. The molecule has 0 aromatic heterocycles. The summed E-state index contributed by atoms with van der Waals surface area (Å²) in [7, 11) is 3.22.